The Balaban J connectivity index is 2.39. The molecule has 0 spiro atoms. The number of esters is 1. The van der Waals surface area contributed by atoms with Crippen LogP contribution in [0.15, 0.2) is 0 Å². The summed E-state index contributed by atoms with van der Waals surface area (Å²) in [7, 11) is 1.31. The van der Waals surface area contributed by atoms with E-state index in [9.17, 15) is 4.79 Å². The highest BCUT2D eigenvalue weighted by molar-refractivity contribution is 5.74. The molecule has 0 amide bonds. The number of hydrogen-bond donors (Lipinski definition) is 1. The van der Waals surface area contributed by atoms with Gasteiger partial charge in [0, 0.05) is 0 Å². The average Bonchev–Trinajstić information content (AvgIpc) is 2.03. The maximum Gasteiger partial charge on any atom is 0.335 e. The second-order valence-corrected chi connectivity index (χ2v) is 2.53. The minimum absolute atomic E-state index is 0.399. The number of carbonyl (C=O) groups excluding carboxylic acids is 1. The Labute approximate surface area is 65.1 Å². The first-order valence-corrected chi connectivity index (χ1v) is 3.65. The maximum absolute atomic E-state index is 10.9. The Bertz CT molecular complexity index is 145. The van der Waals surface area contributed by atoms with Crippen LogP contribution in [-0.4, -0.2) is 30.6 Å². The van der Waals surface area contributed by atoms with Crippen molar-refractivity contribution in [1.29, 1.82) is 0 Å². The van der Waals surface area contributed by atoms with Crippen LogP contribution in [0.2, 0.25) is 0 Å². The molecule has 0 aromatic heterocycles. The first-order chi connectivity index (χ1) is 5.24. The summed E-state index contributed by atoms with van der Waals surface area (Å²) in [6, 6.07) is 0. The molecule has 64 valence electrons. The molecule has 1 aliphatic heterocycles. The lowest BCUT2D eigenvalue weighted by Gasteiger charge is -2.24. The summed E-state index contributed by atoms with van der Waals surface area (Å²) in [6.45, 7) is 0. The molecule has 11 heavy (non-hydrogen) atoms. The van der Waals surface area contributed by atoms with Gasteiger partial charge in [0.25, 0.3) is 0 Å². The van der Waals surface area contributed by atoms with Crippen LogP contribution in [-0.2, 0) is 14.3 Å². The van der Waals surface area contributed by atoms with Gasteiger partial charge in [0.15, 0.2) is 12.4 Å². The van der Waals surface area contributed by atoms with Crippen LogP contribution >= 0.6 is 0 Å². The molecule has 4 nitrogen and oxygen atoms in total. The van der Waals surface area contributed by atoms with Crippen LogP contribution in [0, 0.1) is 0 Å². The van der Waals surface area contributed by atoms with Crippen LogP contribution in [0.4, 0.5) is 0 Å². The fourth-order valence-corrected chi connectivity index (χ4v) is 1.11. The van der Waals surface area contributed by atoms with Gasteiger partial charge in [-0.1, -0.05) is 0 Å². The number of aliphatic hydroxyl groups is 1. The van der Waals surface area contributed by atoms with Gasteiger partial charge in [0.05, 0.1) is 7.11 Å². The van der Waals surface area contributed by atoms with Crippen molar-refractivity contribution in [3.63, 3.8) is 0 Å². The highest BCUT2D eigenvalue weighted by Crippen LogP contribution is 2.17. The monoisotopic (exact) mass is 160 g/mol. The van der Waals surface area contributed by atoms with Crippen molar-refractivity contribution in [2.75, 3.05) is 7.11 Å². The molecule has 0 aliphatic carbocycles. The summed E-state index contributed by atoms with van der Waals surface area (Å²) in [5.74, 6) is -0.399. The van der Waals surface area contributed by atoms with E-state index in [-0.39, 0.29) is 0 Å². The van der Waals surface area contributed by atoms with Crippen LogP contribution < -0.4 is 0 Å². The molecule has 1 rings (SSSR count). The number of ether oxygens (including phenoxy) is 2. The van der Waals surface area contributed by atoms with Crippen molar-refractivity contribution in [2.45, 2.75) is 31.7 Å². The van der Waals surface area contributed by atoms with E-state index in [1.54, 1.807) is 0 Å². The van der Waals surface area contributed by atoms with Gasteiger partial charge < -0.3 is 14.6 Å². The lowest BCUT2D eigenvalue weighted by Crippen LogP contribution is -2.34. The molecule has 0 bridgehead atoms. The summed E-state index contributed by atoms with van der Waals surface area (Å²) in [4.78, 5) is 10.9. The summed E-state index contributed by atoms with van der Waals surface area (Å²) >= 11 is 0. The molecule has 0 aromatic carbocycles. The van der Waals surface area contributed by atoms with Gasteiger partial charge >= 0.3 is 5.97 Å². The number of hydrogen-bond acceptors (Lipinski definition) is 4. The second-order valence-electron chi connectivity index (χ2n) is 2.53. The van der Waals surface area contributed by atoms with Gasteiger partial charge in [-0.3, -0.25) is 0 Å². The fourth-order valence-electron chi connectivity index (χ4n) is 1.11. The third-order valence-electron chi connectivity index (χ3n) is 1.70. The molecule has 0 saturated carbocycles. The minimum atomic E-state index is -0.798. The lowest BCUT2D eigenvalue weighted by molar-refractivity contribution is -0.190. The highest BCUT2D eigenvalue weighted by Gasteiger charge is 2.26. The standard InChI is InChI=1S/C7H12O4/c1-10-7(9)5-3-2-4-6(8)11-5/h5-6,8H,2-4H2,1H3. The number of carbonyl (C=O) groups is 1. The zero-order valence-electron chi connectivity index (χ0n) is 6.45. The van der Waals surface area contributed by atoms with E-state index in [1.807, 2.05) is 0 Å². The Morgan fingerprint density at radius 1 is 1.64 bits per heavy atom. The molecule has 0 radical (unpaired) electrons. The van der Waals surface area contributed by atoms with Crippen molar-refractivity contribution in [1.82, 2.24) is 0 Å². The second kappa shape index (κ2) is 3.69. The largest absolute Gasteiger partial charge is 0.467 e. The van der Waals surface area contributed by atoms with E-state index in [0.29, 0.717) is 12.8 Å². The molecule has 2 atom stereocenters. The van der Waals surface area contributed by atoms with Crippen LogP contribution in [0.3, 0.4) is 0 Å². The highest BCUT2D eigenvalue weighted by atomic mass is 16.6. The summed E-state index contributed by atoms with van der Waals surface area (Å²) in [5, 5.41) is 8.99. The smallest absolute Gasteiger partial charge is 0.335 e. The summed E-state index contributed by atoms with van der Waals surface area (Å²) < 4.78 is 9.38. The normalized spacial score (nSPS) is 31.5. The number of methoxy groups -OCH3 is 1. The van der Waals surface area contributed by atoms with Gasteiger partial charge in [-0.05, 0) is 19.3 Å². The van der Waals surface area contributed by atoms with Gasteiger partial charge in [-0.2, -0.15) is 0 Å². The topological polar surface area (TPSA) is 55.8 Å². The van der Waals surface area contributed by atoms with Crippen molar-refractivity contribution in [2.24, 2.45) is 0 Å². The number of aliphatic hydroxyl groups excluding tert-OH is 1. The molecule has 1 heterocycles. The Morgan fingerprint density at radius 3 is 2.91 bits per heavy atom. The average molecular weight is 160 g/mol. The first-order valence-electron chi connectivity index (χ1n) is 3.65. The van der Waals surface area contributed by atoms with E-state index in [4.69, 9.17) is 9.84 Å². The van der Waals surface area contributed by atoms with Gasteiger partial charge in [0.2, 0.25) is 0 Å². The van der Waals surface area contributed by atoms with Crippen LogP contribution in [0.5, 0.6) is 0 Å². The number of rotatable bonds is 1. The Hall–Kier alpha value is -0.610. The van der Waals surface area contributed by atoms with E-state index in [1.165, 1.54) is 7.11 Å². The minimum Gasteiger partial charge on any atom is -0.467 e. The van der Waals surface area contributed by atoms with Crippen molar-refractivity contribution < 1.29 is 19.4 Å². The summed E-state index contributed by atoms with van der Waals surface area (Å²) in [5.41, 5.74) is 0. The molecule has 1 fully saturated rings. The van der Waals surface area contributed by atoms with E-state index >= 15 is 0 Å². The van der Waals surface area contributed by atoms with Crippen molar-refractivity contribution >= 4 is 5.97 Å². The Kier molecular flexibility index (Phi) is 2.84. The molecule has 1 N–H and O–H groups in total. The van der Waals surface area contributed by atoms with E-state index in [2.05, 4.69) is 4.74 Å². The predicted octanol–water partition coefficient (Wildman–Crippen LogP) is 0.0469. The molecule has 1 saturated heterocycles. The van der Waals surface area contributed by atoms with Gasteiger partial charge in [0.1, 0.15) is 0 Å². The zero-order chi connectivity index (χ0) is 8.27. The first kappa shape index (κ1) is 8.49. The fraction of sp³-hybridized carbons (Fsp3) is 0.857. The quantitative estimate of drug-likeness (QED) is 0.550. The zero-order valence-corrected chi connectivity index (χ0v) is 6.45. The maximum atomic E-state index is 10.9. The van der Waals surface area contributed by atoms with Crippen LogP contribution in [0.1, 0.15) is 19.3 Å². The van der Waals surface area contributed by atoms with Crippen molar-refractivity contribution in [3.8, 4) is 0 Å². The third-order valence-corrected chi connectivity index (χ3v) is 1.70. The lowest BCUT2D eigenvalue weighted by atomic mass is 10.1. The van der Waals surface area contributed by atoms with Gasteiger partial charge in [-0.25, -0.2) is 4.79 Å². The summed E-state index contributed by atoms with van der Waals surface area (Å²) in [6.07, 6.45) is 0.689. The molecule has 4 heteroatoms. The van der Waals surface area contributed by atoms with Gasteiger partial charge in [-0.15, -0.1) is 0 Å². The third kappa shape index (κ3) is 2.17. The Morgan fingerprint density at radius 2 is 2.36 bits per heavy atom. The molecular formula is C7H12O4. The molecule has 0 aromatic rings. The molecule has 2 unspecified atom stereocenters. The molecule has 1 aliphatic rings. The SMILES string of the molecule is COC(=O)C1CCCC(O)O1. The van der Waals surface area contributed by atoms with Crippen molar-refractivity contribution in [3.05, 3.63) is 0 Å². The molecular weight excluding hydrogens is 148 g/mol. The predicted molar refractivity (Wildman–Crippen MR) is 36.7 cm³/mol. The van der Waals surface area contributed by atoms with Crippen LogP contribution in [0.25, 0.3) is 0 Å². The van der Waals surface area contributed by atoms with E-state index in [0.717, 1.165) is 6.42 Å². The van der Waals surface area contributed by atoms with E-state index < -0.39 is 18.4 Å².